The van der Waals surface area contributed by atoms with E-state index in [1.165, 1.54) is 0 Å². The molecule has 0 spiro atoms. The first kappa shape index (κ1) is 16.4. The van der Waals surface area contributed by atoms with E-state index in [1.807, 2.05) is 38.1 Å². The van der Waals surface area contributed by atoms with Crippen molar-refractivity contribution in [2.24, 2.45) is 0 Å². The lowest BCUT2D eigenvalue weighted by molar-refractivity contribution is 0.207. The topological polar surface area (TPSA) is 58.4 Å². The first-order valence-corrected chi connectivity index (χ1v) is 7.50. The molecule has 0 aliphatic heterocycles. The van der Waals surface area contributed by atoms with Crippen LogP contribution in [-0.4, -0.2) is 29.7 Å². The van der Waals surface area contributed by atoms with Crippen LogP contribution in [0.4, 0.5) is 4.79 Å². The molecule has 2 rings (SSSR count). The van der Waals surface area contributed by atoms with Gasteiger partial charge >= 0.3 is 6.03 Å². The first-order chi connectivity index (χ1) is 10.5. The van der Waals surface area contributed by atoms with Gasteiger partial charge in [-0.3, -0.25) is 0 Å². The van der Waals surface area contributed by atoms with Crippen LogP contribution in [0.3, 0.4) is 0 Å². The fourth-order valence-electron chi connectivity index (χ4n) is 2.14. The monoisotopic (exact) mass is 321 g/mol. The summed E-state index contributed by atoms with van der Waals surface area (Å²) >= 11 is 5.84. The number of aromatic nitrogens is 1. The van der Waals surface area contributed by atoms with Gasteiger partial charge in [-0.2, -0.15) is 0 Å². The van der Waals surface area contributed by atoms with Crippen LogP contribution in [0, 0.1) is 13.8 Å². The Morgan fingerprint density at radius 1 is 1.32 bits per heavy atom. The molecule has 0 saturated carbocycles. The van der Waals surface area contributed by atoms with Crippen molar-refractivity contribution in [1.82, 2.24) is 15.4 Å². The normalized spacial score (nSPS) is 10.5. The number of halogens is 1. The number of carbonyl (C=O) groups excluding carboxylic acids is 1. The van der Waals surface area contributed by atoms with E-state index in [2.05, 4.69) is 10.5 Å². The molecule has 0 radical (unpaired) electrons. The summed E-state index contributed by atoms with van der Waals surface area (Å²) < 4.78 is 5.11. The molecule has 0 unspecified atom stereocenters. The fraction of sp³-hybridized carbons (Fsp3) is 0.375. The third kappa shape index (κ3) is 4.24. The number of nitrogens with zero attached hydrogens (tertiary/aromatic N) is 2. The summed E-state index contributed by atoms with van der Waals surface area (Å²) in [6.07, 6.45) is 0.766. The highest BCUT2D eigenvalue weighted by Gasteiger charge is 2.14. The van der Waals surface area contributed by atoms with Crippen molar-refractivity contribution in [1.29, 1.82) is 0 Å². The van der Waals surface area contributed by atoms with Gasteiger partial charge in [-0.25, -0.2) is 4.79 Å². The zero-order valence-electron chi connectivity index (χ0n) is 13.0. The van der Waals surface area contributed by atoms with E-state index in [9.17, 15) is 4.79 Å². The molecule has 118 valence electrons. The maximum Gasteiger partial charge on any atom is 0.317 e. The van der Waals surface area contributed by atoms with Crippen molar-refractivity contribution in [2.45, 2.75) is 26.8 Å². The molecule has 0 fully saturated rings. The van der Waals surface area contributed by atoms with Gasteiger partial charge in [0.05, 0.1) is 12.2 Å². The molecule has 1 aromatic heterocycles. The highest BCUT2D eigenvalue weighted by atomic mass is 35.5. The van der Waals surface area contributed by atoms with Crippen LogP contribution in [0.2, 0.25) is 5.02 Å². The number of carbonyl (C=O) groups is 1. The first-order valence-electron chi connectivity index (χ1n) is 7.12. The van der Waals surface area contributed by atoms with Crippen LogP contribution < -0.4 is 5.32 Å². The molecule has 2 aromatic rings. The summed E-state index contributed by atoms with van der Waals surface area (Å²) in [5, 5.41) is 7.51. The van der Waals surface area contributed by atoms with Crippen LogP contribution in [0.1, 0.15) is 22.6 Å². The van der Waals surface area contributed by atoms with E-state index in [4.69, 9.17) is 16.1 Å². The molecule has 0 atom stereocenters. The average molecular weight is 322 g/mol. The van der Waals surface area contributed by atoms with E-state index >= 15 is 0 Å². The molecule has 1 heterocycles. The minimum atomic E-state index is -0.117. The third-order valence-electron chi connectivity index (χ3n) is 3.53. The zero-order valence-corrected chi connectivity index (χ0v) is 13.8. The van der Waals surface area contributed by atoms with E-state index in [0.29, 0.717) is 18.1 Å². The van der Waals surface area contributed by atoms with Crippen molar-refractivity contribution < 1.29 is 9.32 Å². The number of benzene rings is 1. The average Bonchev–Trinajstić information content (AvgIpc) is 2.81. The number of aryl methyl sites for hydroxylation is 2. The van der Waals surface area contributed by atoms with Crippen molar-refractivity contribution in [2.75, 3.05) is 13.6 Å². The molecule has 0 saturated heterocycles. The predicted molar refractivity (Wildman–Crippen MR) is 86.0 cm³/mol. The summed E-state index contributed by atoms with van der Waals surface area (Å²) in [7, 11) is 1.75. The fourth-order valence-corrected chi connectivity index (χ4v) is 2.26. The molecule has 5 nitrogen and oxygen atoms in total. The largest absolute Gasteiger partial charge is 0.361 e. The molecular formula is C16H20ClN3O2. The van der Waals surface area contributed by atoms with Crippen molar-refractivity contribution in [3.05, 3.63) is 51.9 Å². The molecule has 0 bridgehead atoms. The molecule has 0 aliphatic rings. The van der Waals surface area contributed by atoms with Crippen molar-refractivity contribution in [3.63, 3.8) is 0 Å². The van der Waals surface area contributed by atoms with E-state index in [-0.39, 0.29) is 6.03 Å². The van der Waals surface area contributed by atoms with Gasteiger partial charge in [0, 0.05) is 24.2 Å². The van der Waals surface area contributed by atoms with Gasteiger partial charge in [0.1, 0.15) is 5.76 Å². The molecular weight excluding hydrogens is 302 g/mol. The summed E-state index contributed by atoms with van der Waals surface area (Å²) in [4.78, 5) is 13.7. The quantitative estimate of drug-likeness (QED) is 0.919. The maximum absolute atomic E-state index is 12.1. The number of nitrogens with one attached hydrogen (secondary N) is 1. The van der Waals surface area contributed by atoms with Gasteiger partial charge in [-0.1, -0.05) is 28.9 Å². The van der Waals surface area contributed by atoms with Gasteiger partial charge in [0.25, 0.3) is 0 Å². The number of hydrogen-bond donors (Lipinski definition) is 1. The Balaban J connectivity index is 1.80. The minimum absolute atomic E-state index is 0.117. The van der Waals surface area contributed by atoms with Crippen molar-refractivity contribution >= 4 is 17.6 Å². The summed E-state index contributed by atoms with van der Waals surface area (Å²) in [5.74, 6) is 0.748. The SMILES string of the molecule is Cc1noc(C)c1CN(C)C(=O)NCCc1ccc(Cl)cc1. The highest BCUT2D eigenvalue weighted by molar-refractivity contribution is 6.30. The van der Waals surface area contributed by atoms with Gasteiger partial charge in [-0.15, -0.1) is 0 Å². The van der Waals surface area contributed by atoms with Crippen LogP contribution >= 0.6 is 11.6 Å². The number of hydrogen-bond acceptors (Lipinski definition) is 3. The molecule has 2 amide bonds. The van der Waals surface area contributed by atoms with Crippen LogP contribution in [0.25, 0.3) is 0 Å². The smallest absolute Gasteiger partial charge is 0.317 e. The lowest BCUT2D eigenvalue weighted by Crippen LogP contribution is -2.37. The van der Waals surface area contributed by atoms with E-state index in [1.54, 1.807) is 11.9 Å². The predicted octanol–water partition coefficient (Wildman–Crippen LogP) is 3.33. The standard InChI is InChI=1S/C16H20ClN3O2/c1-11-15(12(2)22-19-11)10-20(3)16(21)18-9-8-13-4-6-14(17)7-5-13/h4-7H,8-10H2,1-3H3,(H,18,21). The van der Waals surface area contributed by atoms with Gasteiger partial charge in [0.15, 0.2) is 0 Å². The Bertz CT molecular complexity index is 618. The molecule has 6 heteroatoms. The van der Waals surface area contributed by atoms with Crippen LogP contribution in [-0.2, 0) is 13.0 Å². The van der Waals surface area contributed by atoms with E-state index in [0.717, 1.165) is 29.0 Å². The Kier molecular flexibility index (Phi) is 5.44. The number of rotatable bonds is 5. The van der Waals surface area contributed by atoms with Gasteiger partial charge in [-0.05, 0) is 38.0 Å². The van der Waals surface area contributed by atoms with Crippen molar-refractivity contribution in [3.8, 4) is 0 Å². The van der Waals surface area contributed by atoms with Gasteiger partial charge in [0.2, 0.25) is 0 Å². The number of amides is 2. The molecule has 1 aromatic carbocycles. The van der Waals surface area contributed by atoms with Crippen LogP contribution in [0.5, 0.6) is 0 Å². The molecule has 1 N–H and O–H groups in total. The Morgan fingerprint density at radius 3 is 2.59 bits per heavy atom. The second kappa shape index (κ2) is 7.31. The zero-order chi connectivity index (χ0) is 16.1. The highest BCUT2D eigenvalue weighted by Crippen LogP contribution is 2.14. The Labute approximate surface area is 135 Å². The second-order valence-electron chi connectivity index (χ2n) is 5.27. The number of urea groups is 1. The third-order valence-corrected chi connectivity index (χ3v) is 3.78. The summed E-state index contributed by atoms with van der Waals surface area (Å²) in [6.45, 7) is 4.78. The Morgan fingerprint density at radius 2 is 2.00 bits per heavy atom. The second-order valence-corrected chi connectivity index (χ2v) is 5.70. The summed E-state index contributed by atoms with van der Waals surface area (Å²) in [6, 6.07) is 7.50. The molecule has 0 aliphatic carbocycles. The van der Waals surface area contributed by atoms with Crippen LogP contribution in [0.15, 0.2) is 28.8 Å². The van der Waals surface area contributed by atoms with E-state index < -0.39 is 0 Å². The maximum atomic E-state index is 12.1. The Hall–Kier alpha value is -2.01. The lowest BCUT2D eigenvalue weighted by atomic mass is 10.1. The summed E-state index contributed by atoms with van der Waals surface area (Å²) in [5.41, 5.74) is 2.91. The molecule has 22 heavy (non-hydrogen) atoms. The minimum Gasteiger partial charge on any atom is -0.361 e. The lowest BCUT2D eigenvalue weighted by Gasteiger charge is -2.17. The van der Waals surface area contributed by atoms with Gasteiger partial charge < -0.3 is 14.7 Å².